The first-order valence-corrected chi connectivity index (χ1v) is 4.92. The van der Waals surface area contributed by atoms with Crippen molar-refractivity contribution in [3.05, 3.63) is 0 Å². The molecule has 0 spiro atoms. The molecule has 2 fully saturated rings. The van der Waals surface area contributed by atoms with Crippen molar-refractivity contribution in [3.8, 4) is 0 Å². The van der Waals surface area contributed by atoms with E-state index in [0.717, 1.165) is 13.3 Å². The predicted molar refractivity (Wildman–Crippen MR) is 47.9 cm³/mol. The minimum Gasteiger partial charge on any atom is -0.238 e. The van der Waals surface area contributed by atoms with Crippen LogP contribution in [0, 0.1) is 0 Å². The summed E-state index contributed by atoms with van der Waals surface area (Å²) in [5.74, 6) is 0. The van der Waals surface area contributed by atoms with E-state index in [1.54, 1.807) is 0 Å². The molecule has 0 aromatic heterocycles. The fraction of sp³-hybridized carbons (Fsp3) is 1.00. The number of hydrogen-bond acceptors (Lipinski definition) is 4. The van der Waals surface area contributed by atoms with Gasteiger partial charge in [0, 0.05) is 13.1 Å². The van der Waals surface area contributed by atoms with Gasteiger partial charge in [0.1, 0.15) is 0 Å². The Morgan fingerprint density at radius 1 is 0.750 bits per heavy atom. The molecule has 2 heterocycles. The lowest BCUT2D eigenvalue weighted by Gasteiger charge is -2.00. The molecular formula is C8H18N4. The van der Waals surface area contributed by atoms with Crippen molar-refractivity contribution in [1.29, 1.82) is 0 Å². The minimum atomic E-state index is 1.11. The quantitative estimate of drug-likeness (QED) is 0.420. The molecule has 2 N–H and O–H groups in total. The van der Waals surface area contributed by atoms with Crippen LogP contribution in [0.4, 0.5) is 0 Å². The third-order valence-electron chi connectivity index (χ3n) is 2.37. The van der Waals surface area contributed by atoms with Gasteiger partial charge in [-0.3, -0.25) is 0 Å². The van der Waals surface area contributed by atoms with Crippen molar-refractivity contribution in [2.75, 3.05) is 26.4 Å². The van der Waals surface area contributed by atoms with Gasteiger partial charge in [0.05, 0.1) is 13.3 Å². The van der Waals surface area contributed by atoms with Crippen LogP contribution in [0.15, 0.2) is 0 Å². The molecular weight excluding hydrogens is 152 g/mol. The third-order valence-corrected chi connectivity index (χ3v) is 2.37. The van der Waals surface area contributed by atoms with E-state index in [0.29, 0.717) is 0 Å². The van der Waals surface area contributed by atoms with E-state index in [1.165, 1.54) is 38.8 Å². The van der Waals surface area contributed by atoms with Crippen LogP contribution < -0.4 is 10.9 Å². The molecule has 70 valence electrons. The van der Waals surface area contributed by atoms with E-state index < -0.39 is 0 Å². The molecule has 0 aromatic rings. The van der Waals surface area contributed by atoms with Gasteiger partial charge in [-0.1, -0.05) is 12.8 Å². The second-order valence-electron chi connectivity index (χ2n) is 3.57. The molecule has 2 atom stereocenters. The van der Waals surface area contributed by atoms with E-state index >= 15 is 0 Å². The number of nitrogens with one attached hydrogen (secondary N) is 2. The number of rotatable bonds is 7. The van der Waals surface area contributed by atoms with Crippen molar-refractivity contribution in [2.24, 2.45) is 0 Å². The Kier molecular flexibility index (Phi) is 2.94. The normalized spacial score (nSPS) is 32.0. The van der Waals surface area contributed by atoms with E-state index in [9.17, 15) is 0 Å². The molecule has 0 radical (unpaired) electrons. The number of nitrogens with zero attached hydrogens (tertiary/aromatic N) is 2. The molecule has 0 aliphatic carbocycles. The van der Waals surface area contributed by atoms with Gasteiger partial charge in [-0.25, -0.2) is 20.9 Å². The highest BCUT2D eigenvalue weighted by atomic mass is 15.7. The molecule has 2 aliphatic heterocycles. The highest BCUT2D eigenvalue weighted by molar-refractivity contribution is 4.62. The maximum atomic E-state index is 3.17. The zero-order valence-corrected chi connectivity index (χ0v) is 7.55. The van der Waals surface area contributed by atoms with Crippen LogP contribution >= 0.6 is 0 Å². The Bertz CT molecular complexity index is 115. The van der Waals surface area contributed by atoms with Crippen molar-refractivity contribution in [3.63, 3.8) is 0 Å². The second kappa shape index (κ2) is 4.18. The van der Waals surface area contributed by atoms with Crippen LogP contribution in [-0.4, -0.2) is 36.4 Å². The largest absolute Gasteiger partial charge is 0.238 e. The van der Waals surface area contributed by atoms with Gasteiger partial charge in [-0.2, -0.15) is 0 Å². The lowest BCUT2D eigenvalue weighted by molar-refractivity contribution is 0.447. The van der Waals surface area contributed by atoms with Gasteiger partial charge >= 0.3 is 0 Å². The Morgan fingerprint density at radius 3 is 1.50 bits per heavy atom. The molecule has 2 saturated heterocycles. The lowest BCUT2D eigenvalue weighted by atomic mass is 10.2. The van der Waals surface area contributed by atoms with Gasteiger partial charge in [0.2, 0.25) is 0 Å². The first-order valence-electron chi connectivity index (χ1n) is 4.92. The first-order chi connectivity index (χ1) is 5.95. The molecule has 4 nitrogen and oxygen atoms in total. The average Bonchev–Trinajstić information content (AvgIpc) is 2.89. The van der Waals surface area contributed by atoms with Crippen molar-refractivity contribution in [2.45, 2.75) is 25.7 Å². The van der Waals surface area contributed by atoms with Gasteiger partial charge in [0.25, 0.3) is 0 Å². The standard InChI is InChI=1S/C8H18N4/c1(3-5-11-7-9-11)2-4-6-12-8-10-12/h9-10H,1-8H2. The van der Waals surface area contributed by atoms with E-state index in [2.05, 4.69) is 20.9 Å². The predicted octanol–water partition coefficient (Wildman–Crippen LogP) is 0.102. The first kappa shape index (κ1) is 8.44. The van der Waals surface area contributed by atoms with Crippen LogP contribution in [0.1, 0.15) is 25.7 Å². The molecule has 0 amide bonds. The average molecular weight is 170 g/mol. The van der Waals surface area contributed by atoms with Crippen molar-refractivity contribution in [1.82, 2.24) is 20.9 Å². The number of hydrazine groups is 2. The minimum absolute atomic E-state index is 1.11. The summed E-state index contributed by atoms with van der Waals surface area (Å²) in [5, 5.41) is 4.51. The summed E-state index contributed by atoms with van der Waals surface area (Å²) in [6, 6.07) is 0. The molecule has 4 heteroatoms. The zero-order valence-electron chi connectivity index (χ0n) is 7.55. The van der Waals surface area contributed by atoms with Crippen LogP contribution in [-0.2, 0) is 0 Å². The maximum Gasteiger partial charge on any atom is 0.0754 e. The molecule has 2 rings (SSSR count). The fourth-order valence-electron chi connectivity index (χ4n) is 1.38. The zero-order chi connectivity index (χ0) is 8.23. The van der Waals surface area contributed by atoms with Crippen LogP contribution in [0.5, 0.6) is 0 Å². The Hall–Kier alpha value is -0.160. The summed E-state index contributed by atoms with van der Waals surface area (Å²) in [7, 11) is 0. The van der Waals surface area contributed by atoms with E-state index in [4.69, 9.17) is 0 Å². The Balaban J connectivity index is 1.31. The molecule has 12 heavy (non-hydrogen) atoms. The van der Waals surface area contributed by atoms with Gasteiger partial charge in [-0.15, -0.1) is 0 Å². The molecule has 2 aliphatic rings. The molecule has 0 bridgehead atoms. The Morgan fingerprint density at radius 2 is 1.17 bits per heavy atom. The second-order valence-corrected chi connectivity index (χ2v) is 3.57. The Labute approximate surface area is 73.8 Å². The smallest absolute Gasteiger partial charge is 0.0754 e. The summed E-state index contributed by atoms with van der Waals surface area (Å²) < 4.78 is 0. The summed E-state index contributed by atoms with van der Waals surface area (Å²) in [5.41, 5.74) is 6.34. The molecule has 0 aromatic carbocycles. The van der Waals surface area contributed by atoms with Gasteiger partial charge < -0.3 is 0 Å². The molecule has 0 saturated carbocycles. The van der Waals surface area contributed by atoms with E-state index in [-0.39, 0.29) is 0 Å². The SMILES string of the molecule is C(CCCN1CN1)CCN1CN1. The summed E-state index contributed by atoms with van der Waals surface area (Å²) >= 11 is 0. The van der Waals surface area contributed by atoms with Gasteiger partial charge in [-0.05, 0) is 12.8 Å². The summed E-state index contributed by atoms with van der Waals surface area (Å²) in [4.78, 5) is 0. The van der Waals surface area contributed by atoms with Crippen LogP contribution in [0.25, 0.3) is 0 Å². The highest BCUT2D eigenvalue weighted by Gasteiger charge is 2.15. The highest BCUT2D eigenvalue weighted by Crippen LogP contribution is 2.05. The maximum absolute atomic E-state index is 3.17. The van der Waals surface area contributed by atoms with E-state index in [1.807, 2.05) is 0 Å². The van der Waals surface area contributed by atoms with Crippen LogP contribution in [0.2, 0.25) is 0 Å². The summed E-state index contributed by atoms with van der Waals surface area (Å²) in [6.45, 7) is 4.69. The topological polar surface area (TPSA) is 49.9 Å². The number of unbranched alkanes of at least 4 members (excludes halogenated alkanes) is 3. The van der Waals surface area contributed by atoms with Crippen molar-refractivity contribution >= 4 is 0 Å². The van der Waals surface area contributed by atoms with Gasteiger partial charge in [0.15, 0.2) is 0 Å². The third kappa shape index (κ3) is 3.49. The lowest BCUT2D eigenvalue weighted by Crippen LogP contribution is -2.04. The monoisotopic (exact) mass is 170 g/mol. The van der Waals surface area contributed by atoms with Crippen LogP contribution in [0.3, 0.4) is 0 Å². The number of hydrogen-bond donors (Lipinski definition) is 2. The fourth-order valence-corrected chi connectivity index (χ4v) is 1.38. The van der Waals surface area contributed by atoms with Crippen molar-refractivity contribution < 1.29 is 0 Å². The summed E-state index contributed by atoms with van der Waals surface area (Å²) in [6.07, 6.45) is 5.46. The molecule has 2 unspecified atom stereocenters.